The van der Waals surface area contributed by atoms with Crippen molar-refractivity contribution in [3.05, 3.63) is 12.7 Å². The van der Waals surface area contributed by atoms with Gasteiger partial charge < -0.3 is 9.84 Å². The van der Waals surface area contributed by atoms with Gasteiger partial charge in [0.25, 0.3) is 0 Å². The van der Waals surface area contributed by atoms with Crippen molar-refractivity contribution >= 4 is 5.97 Å². The highest BCUT2D eigenvalue weighted by Crippen LogP contribution is 2.14. The van der Waals surface area contributed by atoms with Crippen LogP contribution in [0.3, 0.4) is 0 Å². The fourth-order valence-corrected chi connectivity index (χ4v) is 1.33. The molecule has 0 heterocycles. The number of aliphatic hydroxyl groups excluding tert-OH is 1. The molecule has 0 radical (unpaired) electrons. The lowest BCUT2D eigenvalue weighted by atomic mass is 9.97. The van der Waals surface area contributed by atoms with Crippen molar-refractivity contribution in [1.29, 1.82) is 0 Å². The zero-order chi connectivity index (χ0) is 11.0. The smallest absolute Gasteiger partial charge is 0.315 e. The summed E-state index contributed by atoms with van der Waals surface area (Å²) >= 11 is 0. The van der Waals surface area contributed by atoms with E-state index in [1.54, 1.807) is 0 Å². The van der Waals surface area contributed by atoms with E-state index in [9.17, 15) is 9.90 Å². The van der Waals surface area contributed by atoms with Crippen LogP contribution in [0.1, 0.15) is 32.6 Å². The third kappa shape index (κ3) is 4.42. The molecule has 14 heavy (non-hydrogen) atoms. The maximum atomic E-state index is 11.2. The maximum Gasteiger partial charge on any atom is 0.315 e. The first kappa shape index (κ1) is 13.2. The molecule has 0 fully saturated rings. The predicted octanol–water partition coefficient (Wildman–Crippen LogP) is 1.90. The van der Waals surface area contributed by atoms with Crippen molar-refractivity contribution in [1.82, 2.24) is 0 Å². The van der Waals surface area contributed by atoms with Gasteiger partial charge in [0.05, 0.1) is 13.2 Å². The molecule has 0 bridgehead atoms. The van der Waals surface area contributed by atoms with Crippen LogP contribution in [-0.2, 0) is 9.53 Å². The van der Waals surface area contributed by atoms with Gasteiger partial charge in [0.15, 0.2) is 0 Å². The number of aliphatic hydroxyl groups is 1. The first-order valence-corrected chi connectivity index (χ1v) is 5.05. The quantitative estimate of drug-likeness (QED) is 0.388. The average Bonchev–Trinajstić information content (AvgIpc) is 2.19. The van der Waals surface area contributed by atoms with E-state index in [-0.39, 0.29) is 0 Å². The van der Waals surface area contributed by atoms with E-state index in [2.05, 4.69) is 18.2 Å². The minimum absolute atomic E-state index is 0.413. The Bertz CT molecular complexity index is 177. The normalized spacial score (nSPS) is 14.5. The number of hydrogen-bond acceptors (Lipinski definition) is 3. The van der Waals surface area contributed by atoms with Crippen molar-refractivity contribution in [2.75, 3.05) is 7.11 Å². The molecule has 2 atom stereocenters. The van der Waals surface area contributed by atoms with Gasteiger partial charge in [-0.25, -0.2) is 0 Å². The molecule has 1 N–H and O–H groups in total. The second-order valence-corrected chi connectivity index (χ2v) is 3.35. The van der Waals surface area contributed by atoms with Gasteiger partial charge in [-0.05, 0) is 6.42 Å². The second kappa shape index (κ2) is 7.56. The molecule has 0 aromatic carbocycles. The summed E-state index contributed by atoms with van der Waals surface area (Å²) in [5, 5.41) is 9.67. The van der Waals surface area contributed by atoms with Crippen LogP contribution >= 0.6 is 0 Å². The van der Waals surface area contributed by atoms with E-state index in [1.807, 2.05) is 0 Å². The van der Waals surface area contributed by atoms with Gasteiger partial charge in [-0.3, -0.25) is 4.79 Å². The van der Waals surface area contributed by atoms with E-state index in [0.29, 0.717) is 6.42 Å². The highest BCUT2D eigenvalue weighted by atomic mass is 16.5. The molecule has 0 amide bonds. The highest BCUT2D eigenvalue weighted by Gasteiger charge is 2.23. The molecule has 0 aromatic heterocycles. The van der Waals surface area contributed by atoms with E-state index < -0.39 is 18.0 Å². The molecular weight excluding hydrogens is 180 g/mol. The van der Waals surface area contributed by atoms with Gasteiger partial charge >= 0.3 is 5.97 Å². The van der Waals surface area contributed by atoms with Crippen LogP contribution in [-0.4, -0.2) is 24.3 Å². The van der Waals surface area contributed by atoms with Gasteiger partial charge in [0.1, 0.15) is 5.92 Å². The van der Waals surface area contributed by atoms with Crippen LogP contribution in [0.15, 0.2) is 12.7 Å². The van der Waals surface area contributed by atoms with Crippen LogP contribution in [0.4, 0.5) is 0 Å². The number of rotatable bonds is 7. The number of carbonyl (C=O) groups is 1. The summed E-state index contributed by atoms with van der Waals surface area (Å²) in [4.78, 5) is 11.2. The molecule has 2 unspecified atom stereocenters. The topological polar surface area (TPSA) is 46.5 Å². The van der Waals surface area contributed by atoms with E-state index >= 15 is 0 Å². The summed E-state index contributed by atoms with van der Waals surface area (Å²) in [5.74, 6) is -0.999. The summed E-state index contributed by atoms with van der Waals surface area (Å²) < 4.78 is 4.56. The molecule has 0 spiro atoms. The van der Waals surface area contributed by atoms with Crippen LogP contribution in [0.25, 0.3) is 0 Å². The van der Waals surface area contributed by atoms with Crippen LogP contribution in [0.5, 0.6) is 0 Å². The first-order valence-electron chi connectivity index (χ1n) is 5.05. The Morgan fingerprint density at radius 1 is 1.57 bits per heavy atom. The Morgan fingerprint density at radius 2 is 2.21 bits per heavy atom. The molecule has 0 saturated carbocycles. The third-order valence-corrected chi connectivity index (χ3v) is 2.25. The van der Waals surface area contributed by atoms with Gasteiger partial charge in [-0.2, -0.15) is 0 Å². The fraction of sp³-hybridized carbons (Fsp3) is 0.727. The SMILES string of the molecule is C=CC(C(=O)OC)C(O)CCCCC. The molecule has 0 aliphatic rings. The van der Waals surface area contributed by atoms with Crippen LogP contribution in [0, 0.1) is 5.92 Å². The van der Waals surface area contributed by atoms with Crippen molar-refractivity contribution in [3.63, 3.8) is 0 Å². The largest absolute Gasteiger partial charge is 0.468 e. The Balaban J connectivity index is 3.97. The van der Waals surface area contributed by atoms with Gasteiger partial charge in [0.2, 0.25) is 0 Å². The summed E-state index contributed by atoms with van der Waals surface area (Å²) in [6, 6.07) is 0. The molecule has 0 saturated heterocycles. The Kier molecular flexibility index (Phi) is 7.11. The molecule has 0 aliphatic carbocycles. The minimum atomic E-state index is -0.661. The lowest BCUT2D eigenvalue weighted by Gasteiger charge is -2.16. The number of carbonyl (C=O) groups excluding carboxylic acids is 1. The lowest BCUT2D eigenvalue weighted by Crippen LogP contribution is -2.27. The number of ether oxygens (including phenoxy) is 1. The molecule has 0 rings (SSSR count). The van der Waals surface area contributed by atoms with Crippen molar-refractivity contribution < 1.29 is 14.6 Å². The predicted molar refractivity (Wildman–Crippen MR) is 55.9 cm³/mol. The zero-order valence-electron chi connectivity index (χ0n) is 9.03. The molecule has 82 valence electrons. The van der Waals surface area contributed by atoms with Crippen molar-refractivity contribution in [2.45, 2.75) is 38.7 Å². The highest BCUT2D eigenvalue weighted by molar-refractivity contribution is 5.74. The van der Waals surface area contributed by atoms with Gasteiger partial charge in [0, 0.05) is 0 Å². The third-order valence-electron chi connectivity index (χ3n) is 2.25. The van der Waals surface area contributed by atoms with Crippen molar-refractivity contribution in [3.8, 4) is 0 Å². The average molecular weight is 200 g/mol. The fourth-order valence-electron chi connectivity index (χ4n) is 1.33. The van der Waals surface area contributed by atoms with Crippen LogP contribution in [0.2, 0.25) is 0 Å². The number of esters is 1. The summed E-state index contributed by atoms with van der Waals surface area (Å²) in [6.45, 7) is 5.61. The van der Waals surface area contributed by atoms with Gasteiger partial charge in [-0.1, -0.05) is 32.3 Å². The Hall–Kier alpha value is -0.830. The molecule has 0 aromatic rings. The molecule has 0 aliphatic heterocycles. The van der Waals surface area contributed by atoms with Crippen molar-refractivity contribution in [2.24, 2.45) is 5.92 Å². The molecule has 3 heteroatoms. The Morgan fingerprint density at radius 3 is 2.64 bits per heavy atom. The molecular formula is C11H20O3. The van der Waals surface area contributed by atoms with E-state index in [1.165, 1.54) is 13.2 Å². The van der Waals surface area contributed by atoms with E-state index in [0.717, 1.165) is 19.3 Å². The summed E-state index contributed by atoms with van der Waals surface area (Å²) in [6.07, 6.45) is 4.51. The lowest BCUT2D eigenvalue weighted by molar-refractivity contribution is -0.147. The number of methoxy groups -OCH3 is 1. The van der Waals surface area contributed by atoms with Crippen LogP contribution < -0.4 is 0 Å². The number of hydrogen-bond donors (Lipinski definition) is 1. The standard InChI is InChI=1S/C11H20O3/c1-4-6-7-8-10(12)9(5-2)11(13)14-3/h5,9-10,12H,2,4,6-8H2,1,3H3. The number of unbranched alkanes of at least 4 members (excludes halogenated alkanes) is 2. The first-order chi connectivity index (χ1) is 6.67. The summed E-state index contributed by atoms with van der Waals surface area (Å²) in [7, 11) is 1.32. The monoisotopic (exact) mass is 200 g/mol. The summed E-state index contributed by atoms with van der Waals surface area (Å²) in [5.41, 5.74) is 0. The molecule has 3 nitrogen and oxygen atoms in total. The zero-order valence-corrected chi connectivity index (χ0v) is 9.03. The Labute approximate surface area is 85.8 Å². The second-order valence-electron chi connectivity index (χ2n) is 3.35. The minimum Gasteiger partial charge on any atom is -0.468 e. The maximum absolute atomic E-state index is 11.2. The van der Waals surface area contributed by atoms with E-state index in [4.69, 9.17) is 0 Å². The van der Waals surface area contributed by atoms with Gasteiger partial charge in [-0.15, -0.1) is 6.58 Å².